The first kappa shape index (κ1) is 18.3. The van der Waals surface area contributed by atoms with Gasteiger partial charge in [-0.3, -0.25) is 0 Å². The van der Waals surface area contributed by atoms with Crippen molar-refractivity contribution in [2.75, 3.05) is 0 Å². The second-order valence-corrected chi connectivity index (χ2v) is 5.91. The lowest BCUT2D eigenvalue weighted by Crippen LogP contribution is -1.79. The molecule has 0 atom stereocenters. The Morgan fingerprint density at radius 2 is 1.76 bits per heavy atom. The zero-order chi connectivity index (χ0) is 18.1. The summed E-state index contributed by atoms with van der Waals surface area (Å²) < 4.78 is 0. The number of rotatable bonds is 4. The van der Waals surface area contributed by atoms with Crippen LogP contribution in [0, 0.1) is 6.92 Å². The second-order valence-electron chi connectivity index (χ2n) is 5.91. The molecule has 0 bridgehead atoms. The van der Waals surface area contributed by atoms with E-state index in [2.05, 4.69) is 67.9 Å². The van der Waals surface area contributed by atoms with E-state index in [9.17, 15) is 0 Å². The number of nitrogens with two attached hydrogens (primary N) is 1. The molecule has 1 heterocycles. The summed E-state index contributed by atoms with van der Waals surface area (Å²) in [7, 11) is 0. The van der Waals surface area contributed by atoms with Gasteiger partial charge in [-0.1, -0.05) is 72.8 Å². The van der Waals surface area contributed by atoms with Crippen molar-refractivity contribution in [2.24, 2.45) is 5.73 Å². The maximum Gasteiger partial charge on any atom is 0.0461 e. The summed E-state index contributed by atoms with van der Waals surface area (Å²) in [5.41, 5.74) is 11.4. The van der Waals surface area contributed by atoms with Gasteiger partial charge >= 0.3 is 0 Å². The minimum absolute atomic E-state index is 0.999. The molecule has 0 amide bonds. The van der Waals surface area contributed by atoms with Gasteiger partial charge in [0.15, 0.2) is 0 Å². The first-order valence-corrected chi connectivity index (χ1v) is 8.44. The number of aromatic amines is 1. The van der Waals surface area contributed by atoms with E-state index in [0.717, 1.165) is 17.6 Å². The van der Waals surface area contributed by atoms with Gasteiger partial charge in [-0.25, -0.2) is 0 Å². The van der Waals surface area contributed by atoms with Crippen molar-refractivity contribution < 1.29 is 0 Å². The molecule has 25 heavy (non-hydrogen) atoms. The minimum atomic E-state index is 0.999. The van der Waals surface area contributed by atoms with Crippen LogP contribution in [0.1, 0.15) is 23.7 Å². The van der Waals surface area contributed by atoms with Crippen molar-refractivity contribution in [1.82, 2.24) is 4.98 Å². The molecule has 2 heteroatoms. The van der Waals surface area contributed by atoms with Gasteiger partial charge in [-0.05, 0) is 49.7 Å². The zero-order valence-electron chi connectivity index (χ0n) is 15.0. The summed E-state index contributed by atoms with van der Waals surface area (Å²) in [6, 6.07) is 18.7. The Hall–Kier alpha value is -3.00. The summed E-state index contributed by atoms with van der Waals surface area (Å²) in [4.78, 5) is 3.30. The van der Waals surface area contributed by atoms with Gasteiger partial charge < -0.3 is 10.7 Å². The molecule has 128 valence electrons. The lowest BCUT2D eigenvalue weighted by Gasteiger charge is -1.95. The van der Waals surface area contributed by atoms with Gasteiger partial charge in [-0.15, -0.1) is 0 Å². The molecule has 3 aromatic rings. The number of aryl methyl sites for hydroxylation is 1. The molecule has 0 radical (unpaired) electrons. The normalized spacial score (nSPS) is 11.4. The van der Waals surface area contributed by atoms with Gasteiger partial charge in [0.05, 0.1) is 0 Å². The van der Waals surface area contributed by atoms with Crippen LogP contribution in [0.5, 0.6) is 0 Å². The number of nitrogens with one attached hydrogen (secondary N) is 1. The average molecular weight is 330 g/mol. The van der Waals surface area contributed by atoms with Gasteiger partial charge in [0, 0.05) is 16.6 Å². The fraction of sp³-hybridized carbons (Fsp3) is 0.130. The highest BCUT2D eigenvalue weighted by Gasteiger charge is 2.02. The number of para-hydroxylation sites is 1. The minimum Gasteiger partial charge on any atom is -0.405 e. The van der Waals surface area contributed by atoms with Crippen LogP contribution >= 0.6 is 0 Å². The number of fused-ring (bicyclic) bond motifs is 1. The molecule has 0 spiro atoms. The summed E-state index contributed by atoms with van der Waals surface area (Å²) in [5.74, 6) is 0. The Bertz CT molecular complexity index is 868. The summed E-state index contributed by atoms with van der Waals surface area (Å²) >= 11 is 0. The molecule has 0 aliphatic rings. The number of allylic oxidation sites excluding steroid dienone is 3. The highest BCUT2D eigenvalue weighted by atomic mass is 14.7. The van der Waals surface area contributed by atoms with Crippen molar-refractivity contribution in [2.45, 2.75) is 20.3 Å². The Morgan fingerprint density at radius 3 is 2.40 bits per heavy atom. The number of hydrogen-bond donors (Lipinski definition) is 2. The third-order valence-electron chi connectivity index (χ3n) is 4.09. The second kappa shape index (κ2) is 9.33. The van der Waals surface area contributed by atoms with E-state index in [0.29, 0.717) is 0 Å². The maximum absolute atomic E-state index is 5.35. The zero-order valence-corrected chi connectivity index (χ0v) is 15.0. The van der Waals surface area contributed by atoms with E-state index in [-0.39, 0.29) is 0 Å². The molecule has 1 aromatic heterocycles. The quantitative estimate of drug-likeness (QED) is 0.586. The van der Waals surface area contributed by atoms with E-state index in [4.69, 9.17) is 5.73 Å². The molecule has 0 aliphatic heterocycles. The first-order valence-electron chi connectivity index (χ1n) is 8.44. The van der Waals surface area contributed by atoms with Gasteiger partial charge in [0.25, 0.3) is 0 Å². The van der Waals surface area contributed by atoms with Crippen LogP contribution < -0.4 is 5.73 Å². The number of H-pyrrole nitrogens is 1. The van der Waals surface area contributed by atoms with Gasteiger partial charge in [0.2, 0.25) is 0 Å². The Kier molecular flexibility index (Phi) is 6.85. The molecule has 2 nitrogen and oxygen atoms in total. The Balaban J connectivity index is 0.000000181. The molecular formula is C23H26N2. The third-order valence-corrected chi connectivity index (χ3v) is 4.09. The van der Waals surface area contributed by atoms with Crippen LogP contribution in [-0.2, 0) is 6.42 Å². The molecule has 0 saturated heterocycles. The molecule has 2 aromatic carbocycles. The topological polar surface area (TPSA) is 41.8 Å². The first-order chi connectivity index (χ1) is 12.2. The predicted octanol–water partition coefficient (Wildman–Crippen LogP) is 5.77. The summed E-state index contributed by atoms with van der Waals surface area (Å²) in [5, 5.41) is 1.26. The summed E-state index contributed by atoms with van der Waals surface area (Å²) in [6.45, 7) is 7.86. The van der Waals surface area contributed by atoms with Gasteiger partial charge in [0.1, 0.15) is 0 Å². The van der Waals surface area contributed by atoms with Crippen LogP contribution in [0.4, 0.5) is 0 Å². The van der Waals surface area contributed by atoms with Crippen LogP contribution in [0.2, 0.25) is 0 Å². The number of hydrogen-bond acceptors (Lipinski definition) is 1. The molecule has 0 saturated carbocycles. The lowest BCUT2D eigenvalue weighted by atomic mass is 10.1. The standard InChI is InChI=1S/C12H14.C11H12N2/c1-3-11(2)9-10-12-7-5-4-6-8-12;1-8-9-4-2-3-5-11(9)13-10(8)6-7-12/h3-9H,1,10H2,2H3;2-7,13H,12H2,1H3/b11-9-;7-6-. The van der Waals surface area contributed by atoms with E-state index >= 15 is 0 Å². The number of benzene rings is 2. The smallest absolute Gasteiger partial charge is 0.0461 e. The van der Waals surface area contributed by atoms with E-state index in [1.54, 1.807) is 6.20 Å². The van der Waals surface area contributed by atoms with Gasteiger partial charge in [-0.2, -0.15) is 0 Å². The Morgan fingerprint density at radius 1 is 1.08 bits per heavy atom. The Labute approximate surface area is 150 Å². The molecule has 3 N–H and O–H groups in total. The fourth-order valence-electron chi connectivity index (χ4n) is 2.54. The molecular weight excluding hydrogens is 304 g/mol. The van der Waals surface area contributed by atoms with Crippen molar-refractivity contribution in [3.8, 4) is 0 Å². The van der Waals surface area contributed by atoms with Crippen LogP contribution in [0.25, 0.3) is 17.0 Å². The van der Waals surface area contributed by atoms with E-state index < -0.39 is 0 Å². The van der Waals surface area contributed by atoms with Crippen molar-refractivity contribution in [3.63, 3.8) is 0 Å². The molecule has 0 aliphatic carbocycles. The third kappa shape index (κ3) is 5.25. The molecule has 0 fully saturated rings. The summed E-state index contributed by atoms with van der Waals surface area (Å²) in [6.07, 6.45) is 8.50. The molecule has 3 rings (SSSR count). The van der Waals surface area contributed by atoms with Crippen LogP contribution in [-0.4, -0.2) is 4.98 Å². The highest BCUT2D eigenvalue weighted by molar-refractivity contribution is 5.86. The van der Waals surface area contributed by atoms with Crippen LogP contribution in [0.15, 0.2) is 85.1 Å². The maximum atomic E-state index is 5.35. The number of aromatic nitrogens is 1. The van der Waals surface area contributed by atoms with Crippen molar-refractivity contribution in [3.05, 3.63) is 102 Å². The highest BCUT2D eigenvalue weighted by Crippen LogP contribution is 2.21. The predicted molar refractivity (Wildman–Crippen MR) is 110 cm³/mol. The lowest BCUT2D eigenvalue weighted by molar-refractivity contribution is 1.24. The van der Waals surface area contributed by atoms with Crippen molar-refractivity contribution in [1.29, 1.82) is 0 Å². The monoisotopic (exact) mass is 330 g/mol. The fourth-order valence-corrected chi connectivity index (χ4v) is 2.54. The van der Waals surface area contributed by atoms with E-state index in [1.165, 1.54) is 22.1 Å². The van der Waals surface area contributed by atoms with E-state index in [1.807, 2.05) is 30.4 Å². The van der Waals surface area contributed by atoms with Crippen molar-refractivity contribution >= 4 is 17.0 Å². The largest absolute Gasteiger partial charge is 0.405 e. The molecule has 0 unspecified atom stereocenters. The van der Waals surface area contributed by atoms with Crippen LogP contribution in [0.3, 0.4) is 0 Å². The average Bonchev–Trinajstić information content (AvgIpc) is 2.97. The SMILES string of the molecule is C=C/C(C)=C\Cc1ccccc1.Cc1c(/C=C\N)[nH]c2ccccc12.